The highest BCUT2D eigenvalue weighted by Gasteiger charge is 2.24. The number of benzene rings is 2. The van der Waals surface area contributed by atoms with Gasteiger partial charge in [-0.3, -0.25) is 19.2 Å². The molecule has 2 saturated heterocycles. The molecule has 2 fully saturated rings. The Bertz CT molecular complexity index is 1080. The van der Waals surface area contributed by atoms with Gasteiger partial charge in [0, 0.05) is 42.1 Å². The summed E-state index contributed by atoms with van der Waals surface area (Å²) in [4.78, 5) is 46.8. The molecule has 2 heterocycles. The molecule has 0 spiro atoms. The highest BCUT2D eigenvalue weighted by atomic mass is 16.7. The molecule has 10 heteroatoms. The predicted octanol–water partition coefficient (Wildman–Crippen LogP) is 2.33. The molecule has 0 bridgehead atoms. The third-order valence-corrected chi connectivity index (χ3v) is 6.04. The molecule has 4 rings (SSSR count). The standard InChI is InChI=1S/C14H17NO4.C13H15NO4/c1-11-2-3-12(8-16)14(6-11)15-4-5-19-13(7-15)9-18-10-17;1-10-2-3-11(8-15)12(6-10)14-4-5-17-13(7-14)18-9-16/h2-3,6,8,10,13H,4-5,7,9H2,1H3;2-3,6,8-9,13H,4-5,7H2,1H3. The minimum atomic E-state index is -0.573. The Balaban J connectivity index is 0.000000206. The lowest BCUT2D eigenvalue weighted by molar-refractivity contribution is -0.165. The quantitative estimate of drug-likeness (QED) is 0.464. The normalized spacial score (nSPS) is 19.2. The number of morpholine rings is 2. The lowest BCUT2D eigenvalue weighted by Crippen LogP contribution is -2.44. The van der Waals surface area contributed by atoms with Crippen LogP contribution in [0.25, 0.3) is 0 Å². The van der Waals surface area contributed by atoms with Gasteiger partial charge in [-0.05, 0) is 49.2 Å². The first-order valence-electron chi connectivity index (χ1n) is 12.0. The van der Waals surface area contributed by atoms with Gasteiger partial charge < -0.3 is 28.7 Å². The molecular formula is C27H32N2O8. The van der Waals surface area contributed by atoms with Gasteiger partial charge in [0.05, 0.1) is 19.8 Å². The van der Waals surface area contributed by atoms with Gasteiger partial charge in [0.15, 0.2) is 12.6 Å². The number of hydrogen-bond donors (Lipinski definition) is 0. The summed E-state index contributed by atoms with van der Waals surface area (Å²) in [5, 5.41) is 0. The van der Waals surface area contributed by atoms with Crippen molar-refractivity contribution in [1.29, 1.82) is 0 Å². The lowest BCUT2D eigenvalue weighted by atomic mass is 10.1. The number of aldehydes is 2. The zero-order chi connectivity index (χ0) is 26.6. The van der Waals surface area contributed by atoms with Crippen LogP contribution in [0.15, 0.2) is 36.4 Å². The van der Waals surface area contributed by atoms with Crippen LogP contribution in [0.5, 0.6) is 0 Å². The molecule has 198 valence electrons. The van der Waals surface area contributed by atoms with Crippen LogP contribution in [0.1, 0.15) is 31.8 Å². The van der Waals surface area contributed by atoms with E-state index in [0.29, 0.717) is 56.9 Å². The number of rotatable bonds is 9. The zero-order valence-electron chi connectivity index (χ0n) is 21.0. The third kappa shape index (κ3) is 7.86. The summed E-state index contributed by atoms with van der Waals surface area (Å²) in [5.74, 6) is 0. The molecule has 10 nitrogen and oxygen atoms in total. The maximum Gasteiger partial charge on any atom is 0.295 e. The Morgan fingerprint density at radius 3 is 1.92 bits per heavy atom. The molecule has 2 unspecified atom stereocenters. The van der Waals surface area contributed by atoms with Crippen LogP contribution in [0.4, 0.5) is 11.4 Å². The van der Waals surface area contributed by atoms with E-state index < -0.39 is 6.29 Å². The van der Waals surface area contributed by atoms with Crippen molar-refractivity contribution in [3.63, 3.8) is 0 Å². The first-order valence-corrected chi connectivity index (χ1v) is 12.0. The van der Waals surface area contributed by atoms with Crippen molar-refractivity contribution < 1.29 is 38.1 Å². The van der Waals surface area contributed by atoms with E-state index in [0.717, 1.165) is 41.6 Å². The molecule has 0 saturated carbocycles. The average Bonchev–Trinajstić information content (AvgIpc) is 2.93. The lowest BCUT2D eigenvalue weighted by Gasteiger charge is -2.34. The fraction of sp³-hybridized carbons (Fsp3) is 0.407. The van der Waals surface area contributed by atoms with Crippen molar-refractivity contribution in [3.8, 4) is 0 Å². The first kappa shape index (κ1) is 27.8. The van der Waals surface area contributed by atoms with Gasteiger partial charge in [-0.2, -0.15) is 0 Å². The first-order chi connectivity index (χ1) is 18.0. The summed E-state index contributed by atoms with van der Waals surface area (Å²) in [5.41, 5.74) is 5.25. The van der Waals surface area contributed by atoms with E-state index in [9.17, 15) is 19.2 Å². The maximum absolute atomic E-state index is 11.1. The SMILES string of the molecule is Cc1ccc(C=O)c(N2CCOC(COC=O)C2)c1.Cc1ccc(C=O)c(N2CCOC(OC=O)C2)c1. The fourth-order valence-electron chi connectivity index (χ4n) is 4.22. The maximum atomic E-state index is 11.1. The topological polar surface area (TPSA) is 112 Å². The van der Waals surface area contributed by atoms with E-state index in [1.54, 1.807) is 6.07 Å². The summed E-state index contributed by atoms with van der Waals surface area (Å²) < 4.78 is 20.4. The van der Waals surface area contributed by atoms with E-state index in [1.807, 2.05) is 49.1 Å². The van der Waals surface area contributed by atoms with Crippen molar-refractivity contribution in [2.75, 3.05) is 55.8 Å². The molecule has 2 aliphatic heterocycles. The highest BCUT2D eigenvalue weighted by Crippen LogP contribution is 2.24. The number of ether oxygens (including phenoxy) is 4. The van der Waals surface area contributed by atoms with Crippen LogP contribution in [-0.2, 0) is 28.5 Å². The second-order valence-corrected chi connectivity index (χ2v) is 8.71. The number of aryl methyl sites for hydroxylation is 2. The van der Waals surface area contributed by atoms with Crippen molar-refractivity contribution in [2.24, 2.45) is 0 Å². The van der Waals surface area contributed by atoms with E-state index >= 15 is 0 Å². The number of carbonyl (C=O) groups is 4. The second-order valence-electron chi connectivity index (χ2n) is 8.71. The summed E-state index contributed by atoms with van der Waals surface area (Å²) in [6, 6.07) is 11.4. The Hall–Kier alpha value is -3.76. The Morgan fingerprint density at radius 1 is 0.811 bits per heavy atom. The molecule has 0 amide bonds. The second kappa shape index (κ2) is 14.1. The minimum Gasteiger partial charge on any atom is -0.465 e. The van der Waals surface area contributed by atoms with Crippen LogP contribution < -0.4 is 9.80 Å². The van der Waals surface area contributed by atoms with Gasteiger partial charge in [0.25, 0.3) is 12.9 Å². The number of hydrogen-bond acceptors (Lipinski definition) is 10. The molecule has 2 aromatic rings. The third-order valence-electron chi connectivity index (χ3n) is 6.04. The van der Waals surface area contributed by atoms with E-state index in [-0.39, 0.29) is 12.7 Å². The molecule has 0 aromatic heterocycles. The zero-order valence-corrected chi connectivity index (χ0v) is 21.0. The molecule has 0 radical (unpaired) electrons. The van der Waals surface area contributed by atoms with Crippen LogP contribution in [0.2, 0.25) is 0 Å². The van der Waals surface area contributed by atoms with Gasteiger partial charge in [0.2, 0.25) is 6.29 Å². The number of anilines is 2. The number of carbonyl (C=O) groups excluding carboxylic acids is 4. The van der Waals surface area contributed by atoms with Crippen molar-refractivity contribution in [1.82, 2.24) is 0 Å². The van der Waals surface area contributed by atoms with Crippen LogP contribution in [0.3, 0.4) is 0 Å². The highest BCUT2D eigenvalue weighted by molar-refractivity contribution is 5.85. The summed E-state index contributed by atoms with van der Waals surface area (Å²) in [7, 11) is 0. The Labute approximate surface area is 216 Å². The molecule has 2 aliphatic rings. The summed E-state index contributed by atoms with van der Waals surface area (Å²) in [6.45, 7) is 8.46. The summed E-state index contributed by atoms with van der Waals surface area (Å²) >= 11 is 0. The number of nitrogens with zero attached hydrogens (tertiary/aromatic N) is 2. The smallest absolute Gasteiger partial charge is 0.295 e. The van der Waals surface area contributed by atoms with Gasteiger partial charge in [-0.25, -0.2) is 0 Å². The average molecular weight is 513 g/mol. The van der Waals surface area contributed by atoms with E-state index in [4.69, 9.17) is 18.9 Å². The van der Waals surface area contributed by atoms with Gasteiger partial charge in [0.1, 0.15) is 12.7 Å². The van der Waals surface area contributed by atoms with Gasteiger partial charge in [-0.15, -0.1) is 0 Å². The molecule has 2 aromatic carbocycles. The molecule has 37 heavy (non-hydrogen) atoms. The van der Waals surface area contributed by atoms with Crippen molar-refractivity contribution in [2.45, 2.75) is 26.2 Å². The van der Waals surface area contributed by atoms with Crippen LogP contribution in [0, 0.1) is 13.8 Å². The van der Waals surface area contributed by atoms with Crippen LogP contribution in [-0.4, -0.2) is 83.9 Å². The van der Waals surface area contributed by atoms with Crippen LogP contribution >= 0.6 is 0 Å². The van der Waals surface area contributed by atoms with Crippen molar-refractivity contribution >= 4 is 36.9 Å². The van der Waals surface area contributed by atoms with E-state index in [2.05, 4.69) is 4.90 Å². The van der Waals surface area contributed by atoms with Crippen molar-refractivity contribution in [3.05, 3.63) is 58.7 Å². The Kier molecular flexibility index (Phi) is 10.6. The predicted molar refractivity (Wildman–Crippen MR) is 136 cm³/mol. The minimum absolute atomic E-state index is 0.154. The Morgan fingerprint density at radius 2 is 1.38 bits per heavy atom. The van der Waals surface area contributed by atoms with E-state index in [1.165, 1.54) is 0 Å². The fourth-order valence-corrected chi connectivity index (χ4v) is 4.22. The molecule has 0 N–H and O–H groups in total. The molecular weight excluding hydrogens is 480 g/mol. The van der Waals surface area contributed by atoms with Gasteiger partial charge >= 0.3 is 0 Å². The largest absolute Gasteiger partial charge is 0.465 e. The molecule has 2 atom stereocenters. The monoisotopic (exact) mass is 512 g/mol. The summed E-state index contributed by atoms with van der Waals surface area (Å²) in [6.07, 6.45) is 0.969. The molecule has 0 aliphatic carbocycles. The van der Waals surface area contributed by atoms with Gasteiger partial charge in [-0.1, -0.05) is 12.1 Å².